The molecule has 9 nitrogen and oxygen atoms in total. The quantitative estimate of drug-likeness (QED) is 0.574. The molecule has 0 aliphatic heterocycles. The summed E-state index contributed by atoms with van der Waals surface area (Å²) >= 11 is 1.20. The second-order valence-corrected chi connectivity index (χ2v) is 6.92. The van der Waals surface area contributed by atoms with Crippen LogP contribution in [0.25, 0.3) is 0 Å². The monoisotopic (exact) mass is 391 g/mol. The first-order chi connectivity index (χ1) is 12.9. The number of carbonyl (C=O) groups excluding carboxylic acids is 3. The molecule has 1 aromatic carbocycles. The van der Waals surface area contributed by atoms with Crippen molar-refractivity contribution in [1.29, 1.82) is 0 Å². The van der Waals surface area contributed by atoms with Crippen molar-refractivity contribution in [3.8, 4) is 0 Å². The van der Waals surface area contributed by atoms with Gasteiger partial charge in [0.2, 0.25) is 11.8 Å². The Kier molecular flexibility index (Phi) is 7.24. The van der Waals surface area contributed by atoms with Crippen molar-refractivity contribution < 1.29 is 18.9 Å². The van der Waals surface area contributed by atoms with Crippen LogP contribution in [-0.4, -0.2) is 41.1 Å². The largest absolute Gasteiger partial charge is 0.360 e. The van der Waals surface area contributed by atoms with E-state index < -0.39 is 5.25 Å². The fraction of sp³-hybridized carbons (Fsp3) is 0.294. The highest BCUT2D eigenvalue weighted by molar-refractivity contribution is 8.01. The molecule has 0 spiro atoms. The molecule has 1 heterocycles. The van der Waals surface area contributed by atoms with Gasteiger partial charge in [0.25, 0.3) is 0 Å². The first-order valence-electron chi connectivity index (χ1n) is 8.12. The van der Waals surface area contributed by atoms with Crippen molar-refractivity contribution >= 4 is 46.8 Å². The van der Waals surface area contributed by atoms with Crippen LogP contribution in [-0.2, 0) is 9.59 Å². The lowest BCUT2D eigenvalue weighted by molar-refractivity contribution is -0.115. The standard InChI is InChI=1S/C17H21N5O4S/c1-10-8-14(22-26-10)21-16(24)11(2)27-9-15(23)19-12-4-6-13(7-5-12)20-17(25)18-3/h4-8,11H,9H2,1-3H3,(H,19,23)(H2,18,20,25)(H,21,22,24). The molecule has 0 saturated carbocycles. The summed E-state index contributed by atoms with van der Waals surface area (Å²) in [7, 11) is 1.52. The van der Waals surface area contributed by atoms with E-state index in [4.69, 9.17) is 4.52 Å². The molecule has 27 heavy (non-hydrogen) atoms. The minimum Gasteiger partial charge on any atom is -0.360 e. The van der Waals surface area contributed by atoms with Gasteiger partial charge in [-0.15, -0.1) is 11.8 Å². The number of carbonyl (C=O) groups is 3. The summed E-state index contributed by atoms with van der Waals surface area (Å²) in [5.41, 5.74) is 1.20. The van der Waals surface area contributed by atoms with E-state index in [0.29, 0.717) is 23.0 Å². The van der Waals surface area contributed by atoms with Crippen LogP contribution in [0.4, 0.5) is 22.0 Å². The zero-order valence-electron chi connectivity index (χ0n) is 15.2. The average molecular weight is 391 g/mol. The molecule has 1 atom stereocenters. The number of benzene rings is 1. The SMILES string of the molecule is CNC(=O)Nc1ccc(NC(=O)CSC(C)C(=O)Nc2cc(C)on2)cc1. The number of urea groups is 1. The van der Waals surface area contributed by atoms with E-state index in [1.54, 1.807) is 44.2 Å². The molecular formula is C17H21N5O4S. The zero-order chi connectivity index (χ0) is 19.8. The van der Waals surface area contributed by atoms with Gasteiger partial charge in [-0.3, -0.25) is 9.59 Å². The third-order valence-electron chi connectivity index (χ3n) is 3.37. The molecule has 0 fully saturated rings. The van der Waals surface area contributed by atoms with Crippen LogP contribution < -0.4 is 21.3 Å². The first kappa shape index (κ1) is 20.3. The van der Waals surface area contributed by atoms with Crippen molar-refractivity contribution in [2.75, 3.05) is 28.8 Å². The predicted molar refractivity (Wildman–Crippen MR) is 105 cm³/mol. The van der Waals surface area contributed by atoms with E-state index in [1.165, 1.54) is 18.8 Å². The van der Waals surface area contributed by atoms with Gasteiger partial charge in [-0.1, -0.05) is 5.16 Å². The Bertz CT molecular complexity index is 806. The number of hydrogen-bond donors (Lipinski definition) is 4. The third-order valence-corrected chi connectivity index (χ3v) is 4.51. The maximum absolute atomic E-state index is 12.1. The van der Waals surface area contributed by atoms with Crippen LogP contribution in [0.5, 0.6) is 0 Å². The molecule has 1 aromatic heterocycles. The van der Waals surface area contributed by atoms with Crippen molar-refractivity contribution in [3.05, 3.63) is 36.1 Å². The van der Waals surface area contributed by atoms with Crippen LogP contribution in [0.3, 0.4) is 0 Å². The number of nitrogens with zero attached hydrogens (tertiary/aromatic N) is 1. The van der Waals surface area contributed by atoms with Crippen LogP contribution in [0.15, 0.2) is 34.9 Å². The molecule has 2 rings (SSSR count). The Morgan fingerprint density at radius 3 is 2.30 bits per heavy atom. The number of hydrogen-bond acceptors (Lipinski definition) is 6. The molecule has 0 saturated heterocycles. The number of aromatic nitrogens is 1. The van der Waals surface area contributed by atoms with E-state index in [1.807, 2.05) is 0 Å². The Labute approximate surface area is 160 Å². The average Bonchev–Trinajstić information content (AvgIpc) is 3.05. The smallest absolute Gasteiger partial charge is 0.318 e. The van der Waals surface area contributed by atoms with Gasteiger partial charge in [-0.25, -0.2) is 4.79 Å². The van der Waals surface area contributed by atoms with Crippen LogP contribution >= 0.6 is 11.8 Å². The Balaban J connectivity index is 1.76. The minimum absolute atomic E-state index is 0.116. The van der Waals surface area contributed by atoms with Gasteiger partial charge >= 0.3 is 6.03 Å². The molecular weight excluding hydrogens is 370 g/mol. The van der Waals surface area contributed by atoms with Gasteiger partial charge in [0.15, 0.2) is 5.82 Å². The van der Waals surface area contributed by atoms with Gasteiger partial charge in [0, 0.05) is 24.5 Å². The van der Waals surface area contributed by atoms with Crippen molar-refractivity contribution in [3.63, 3.8) is 0 Å². The summed E-state index contributed by atoms with van der Waals surface area (Å²) in [6, 6.07) is 8.00. The van der Waals surface area contributed by atoms with Crippen LogP contribution in [0.2, 0.25) is 0 Å². The second kappa shape index (κ2) is 9.62. The maximum Gasteiger partial charge on any atom is 0.318 e. The number of aryl methyl sites for hydroxylation is 1. The van der Waals surface area contributed by atoms with E-state index in [9.17, 15) is 14.4 Å². The topological polar surface area (TPSA) is 125 Å². The Morgan fingerprint density at radius 2 is 1.74 bits per heavy atom. The molecule has 2 aromatic rings. The molecule has 1 unspecified atom stereocenters. The molecule has 0 aliphatic rings. The van der Waals surface area contributed by atoms with Crippen molar-refractivity contribution in [2.24, 2.45) is 0 Å². The van der Waals surface area contributed by atoms with Gasteiger partial charge < -0.3 is 25.8 Å². The van der Waals surface area contributed by atoms with Crippen molar-refractivity contribution in [2.45, 2.75) is 19.1 Å². The fourth-order valence-corrected chi connectivity index (χ4v) is 2.64. The maximum atomic E-state index is 12.1. The lowest BCUT2D eigenvalue weighted by Gasteiger charge is -2.11. The fourth-order valence-electron chi connectivity index (χ4n) is 1.96. The van der Waals surface area contributed by atoms with Gasteiger partial charge in [0.05, 0.1) is 11.0 Å². The highest BCUT2D eigenvalue weighted by Gasteiger charge is 2.17. The zero-order valence-corrected chi connectivity index (χ0v) is 16.0. The Morgan fingerprint density at radius 1 is 1.11 bits per heavy atom. The van der Waals surface area contributed by atoms with Gasteiger partial charge in [0.1, 0.15) is 5.76 Å². The number of anilines is 3. The van der Waals surface area contributed by atoms with Crippen LogP contribution in [0, 0.1) is 6.92 Å². The molecule has 0 radical (unpaired) electrons. The molecule has 4 amide bonds. The number of amides is 4. The summed E-state index contributed by atoms with van der Waals surface area (Å²) in [5, 5.41) is 13.7. The van der Waals surface area contributed by atoms with E-state index in [-0.39, 0.29) is 23.6 Å². The predicted octanol–water partition coefficient (Wildman–Crippen LogP) is 2.43. The van der Waals surface area contributed by atoms with Gasteiger partial charge in [-0.2, -0.15) is 0 Å². The molecule has 0 aliphatic carbocycles. The van der Waals surface area contributed by atoms with E-state index in [0.717, 1.165) is 0 Å². The lowest BCUT2D eigenvalue weighted by Crippen LogP contribution is -2.25. The van der Waals surface area contributed by atoms with Crippen LogP contribution in [0.1, 0.15) is 12.7 Å². The summed E-state index contributed by atoms with van der Waals surface area (Å²) in [5.74, 6) is 0.570. The molecule has 0 bridgehead atoms. The third kappa shape index (κ3) is 6.66. The highest BCUT2D eigenvalue weighted by Crippen LogP contribution is 2.17. The normalized spacial score (nSPS) is 11.4. The summed E-state index contributed by atoms with van der Waals surface area (Å²) in [4.78, 5) is 35.3. The van der Waals surface area contributed by atoms with Gasteiger partial charge in [-0.05, 0) is 38.1 Å². The number of rotatable bonds is 7. The second-order valence-electron chi connectivity index (χ2n) is 5.59. The number of nitrogens with one attached hydrogen (secondary N) is 4. The molecule has 4 N–H and O–H groups in total. The Hall–Kier alpha value is -3.01. The van der Waals surface area contributed by atoms with E-state index >= 15 is 0 Å². The summed E-state index contributed by atoms with van der Waals surface area (Å²) < 4.78 is 4.88. The summed E-state index contributed by atoms with van der Waals surface area (Å²) in [6.07, 6.45) is 0. The molecule has 144 valence electrons. The van der Waals surface area contributed by atoms with E-state index in [2.05, 4.69) is 26.4 Å². The highest BCUT2D eigenvalue weighted by atomic mass is 32.2. The minimum atomic E-state index is -0.438. The lowest BCUT2D eigenvalue weighted by atomic mass is 10.3. The van der Waals surface area contributed by atoms with Crippen molar-refractivity contribution in [1.82, 2.24) is 10.5 Å². The first-order valence-corrected chi connectivity index (χ1v) is 9.16. The molecule has 10 heteroatoms. The summed E-state index contributed by atoms with van der Waals surface area (Å²) in [6.45, 7) is 3.44. The number of thioether (sulfide) groups is 1.